The number of sulfonamides is 1. The topological polar surface area (TPSA) is 72.5 Å². The molecule has 0 unspecified atom stereocenters. The summed E-state index contributed by atoms with van der Waals surface area (Å²) in [6, 6.07) is 29.3. The molecule has 8 heteroatoms. The Morgan fingerprint density at radius 3 is 2.13 bits per heavy atom. The number of quaternary nitrogens is 1. The summed E-state index contributed by atoms with van der Waals surface area (Å²) in [5, 5.41) is 1.64. The third kappa shape index (κ3) is 8.47. The summed E-state index contributed by atoms with van der Waals surface area (Å²) in [6.07, 6.45) is 1.59. The van der Waals surface area contributed by atoms with Gasteiger partial charge in [0.2, 0.25) is 10.0 Å². The third-order valence-electron chi connectivity index (χ3n) is 6.60. The van der Waals surface area contributed by atoms with Crippen molar-refractivity contribution in [1.29, 1.82) is 0 Å². The fourth-order valence-electron chi connectivity index (χ4n) is 4.47. The van der Waals surface area contributed by atoms with Gasteiger partial charge in [-0.2, -0.15) is 0 Å². The normalized spacial score (nSPS) is 11.6. The number of nitrogens with zero attached hydrogens (tertiary/aromatic N) is 1. The van der Waals surface area contributed by atoms with Crippen molar-refractivity contribution in [3.63, 3.8) is 0 Å². The second-order valence-electron chi connectivity index (χ2n) is 10.0. The van der Waals surface area contributed by atoms with Gasteiger partial charge < -0.3 is 26.2 Å². The van der Waals surface area contributed by atoms with Crippen LogP contribution in [0.4, 0.5) is 0 Å². The molecule has 4 rings (SSSR count). The Morgan fingerprint density at radius 2 is 1.38 bits per heavy atom. The van der Waals surface area contributed by atoms with Gasteiger partial charge in [0.1, 0.15) is 5.75 Å². The Bertz CT molecular complexity index is 1470. The highest BCUT2D eigenvalue weighted by Gasteiger charge is 2.19. The molecule has 0 aliphatic heterocycles. The minimum atomic E-state index is -3.58. The SMILES string of the molecule is C[N+](C)(CCCNS(=O)(=O)c1cccc2ccccc12)CCCOc1ccc(C(=O)c2ccccc2)cc1.[Br-]. The quantitative estimate of drug-likeness (QED) is 0.143. The highest BCUT2D eigenvalue weighted by atomic mass is 79.9. The molecule has 0 spiro atoms. The molecule has 0 fully saturated rings. The molecule has 0 bridgehead atoms. The van der Waals surface area contributed by atoms with Crippen molar-refractivity contribution in [2.75, 3.05) is 40.3 Å². The molecule has 0 saturated heterocycles. The zero-order valence-electron chi connectivity index (χ0n) is 22.3. The van der Waals surface area contributed by atoms with Crippen LogP contribution in [0, 0.1) is 0 Å². The lowest BCUT2D eigenvalue weighted by molar-refractivity contribution is -0.890. The molecule has 0 aliphatic carbocycles. The maximum atomic E-state index is 12.9. The second-order valence-corrected chi connectivity index (χ2v) is 11.8. The summed E-state index contributed by atoms with van der Waals surface area (Å²) >= 11 is 0. The largest absolute Gasteiger partial charge is 1.00 e. The van der Waals surface area contributed by atoms with E-state index >= 15 is 0 Å². The fourth-order valence-corrected chi connectivity index (χ4v) is 5.78. The minimum absolute atomic E-state index is 0. The van der Waals surface area contributed by atoms with Gasteiger partial charge in [-0.15, -0.1) is 0 Å². The Kier molecular flexibility index (Phi) is 10.8. The Balaban J connectivity index is 0.00000420. The van der Waals surface area contributed by atoms with Gasteiger partial charge >= 0.3 is 0 Å². The number of benzene rings is 4. The molecule has 0 aromatic heterocycles. The maximum absolute atomic E-state index is 12.9. The van der Waals surface area contributed by atoms with E-state index in [1.54, 1.807) is 24.3 Å². The van der Waals surface area contributed by atoms with E-state index in [-0.39, 0.29) is 22.8 Å². The van der Waals surface area contributed by atoms with Crippen molar-refractivity contribution in [3.05, 3.63) is 108 Å². The van der Waals surface area contributed by atoms with Gasteiger partial charge in [0.05, 0.1) is 38.7 Å². The van der Waals surface area contributed by atoms with Crippen LogP contribution in [0.25, 0.3) is 10.8 Å². The summed E-state index contributed by atoms with van der Waals surface area (Å²) in [7, 11) is 0.706. The molecule has 4 aromatic carbocycles. The number of hydrogen-bond donors (Lipinski definition) is 1. The van der Waals surface area contributed by atoms with E-state index in [4.69, 9.17) is 4.74 Å². The average molecular weight is 612 g/mol. The summed E-state index contributed by atoms with van der Waals surface area (Å²) in [5.41, 5.74) is 1.31. The second kappa shape index (κ2) is 13.8. The van der Waals surface area contributed by atoms with E-state index in [0.29, 0.717) is 29.2 Å². The molecule has 39 heavy (non-hydrogen) atoms. The molecule has 0 amide bonds. The van der Waals surface area contributed by atoms with E-state index in [2.05, 4.69) is 18.8 Å². The maximum Gasteiger partial charge on any atom is 0.241 e. The van der Waals surface area contributed by atoms with E-state index in [9.17, 15) is 13.2 Å². The molecule has 0 heterocycles. The van der Waals surface area contributed by atoms with Crippen molar-refractivity contribution in [2.45, 2.75) is 17.7 Å². The number of ether oxygens (including phenoxy) is 1. The van der Waals surface area contributed by atoms with Gasteiger partial charge in [-0.3, -0.25) is 4.79 Å². The van der Waals surface area contributed by atoms with Crippen LogP contribution in [0.5, 0.6) is 5.75 Å². The number of hydrogen-bond acceptors (Lipinski definition) is 4. The fraction of sp³-hybridized carbons (Fsp3) is 0.258. The Hall–Kier alpha value is -3.04. The van der Waals surface area contributed by atoms with Gasteiger partial charge in [0.25, 0.3) is 0 Å². The number of fused-ring (bicyclic) bond motifs is 1. The predicted octanol–water partition coefficient (Wildman–Crippen LogP) is 2.29. The number of carbonyl (C=O) groups excluding carboxylic acids is 1. The lowest BCUT2D eigenvalue weighted by Gasteiger charge is -2.30. The Labute approximate surface area is 242 Å². The molecule has 0 aliphatic rings. The summed E-state index contributed by atoms with van der Waals surface area (Å²) in [5.74, 6) is 0.735. The summed E-state index contributed by atoms with van der Waals surface area (Å²) in [4.78, 5) is 12.9. The van der Waals surface area contributed by atoms with Crippen LogP contribution < -0.4 is 26.4 Å². The number of carbonyl (C=O) groups is 1. The van der Waals surface area contributed by atoms with Gasteiger partial charge in [0, 0.05) is 35.9 Å². The lowest BCUT2D eigenvalue weighted by atomic mass is 10.0. The highest BCUT2D eigenvalue weighted by Crippen LogP contribution is 2.22. The first-order chi connectivity index (χ1) is 18.3. The van der Waals surface area contributed by atoms with Gasteiger partial charge in [-0.25, -0.2) is 13.1 Å². The van der Waals surface area contributed by atoms with Crippen LogP contribution in [0.15, 0.2) is 102 Å². The van der Waals surface area contributed by atoms with Gasteiger partial charge in [0.15, 0.2) is 5.78 Å². The van der Waals surface area contributed by atoms with Crippen LogP contribution in [-0.4, -0.2) is 59.0 Å². The van der Waals surface area contributed by atoms with Gasteiger partial charge in [-0.05, 0) is 35.7 Å². The average Bonchev–Trinajstić information content (AvgIpc) is 2.93. The van der Waals surface area contributed by atoms with Crippen molar-refractivity contribution < 1.29 is 39.4 Å². The predicted molar refractivity (Wildman–Crippen MR) is 152 cm³/mol. The number of rotatable bonds is 13. The van der Waals surface area contributed by atoms with Crippen molar-refractivity contribution in [2.24, 2.45) is 0 Å². The van der Waals surface area contributed by atoms with Crippen LogP contribution >= 0.6 is 0 Å². The molecule has 0 atom stereocenters. The van der Waals surface area contributed by atoms with E-state index < -0.39 is 10.0 Å². The van der Waals surface area contributed by atoms with Gasteiger partial charge in [-0.1, -0.05) is 66.7 Å². The van der Waals surface area contributed by atoms with Crippen LogP contribution in [0.1, 0.15) is 28.8 Å². The molecule has 1 N–H and O–H groups in total. The number of ketones is 1. The first kappa shape index (κ1) is 30.5. The molecular weight excluding hydrogens is 576 g/mol. The minimum Gasteiger partial charge on any atom is -1.00 e. The van der Waals surface area contributed by atoms with Crippen LogP contribution in [0.3, 0.4) is 0 Å². The molecule has 0 radical (unpaired) electrons. The lowest BCUT2D eigenvalue weighted by Crippen LogP contribution is -3.00. The van der Waals surface area contributed by atoms with E-state index in [1.165, 1.54) is 0 Å². The van der Waals surface area contributed by atoms with Crippen molar-refractivity contribution in [3.8, 4) is 5.75 Å². The summed E-state index contributed by atoms with van der Waals surface area (Å²) in [6.45, 7) is 2.70. The monoisotopic (exact) mass is 610 g/mol. The first-order valence-electron chi connectivity index (χ1n) is 12.9. The number of halogens is 1. The zero-order chi connectivity index (χ0) is 27.0. The summed E-state index contributed by atoms with van der Waals surface area (Å²) < 4.78 is 35.2. The molecular formula is C31H35BrN2O4S. The van der Waals surface area contributed by atoms with Crippen molar-refractivity contribution >= 4 is 26.6 Å². The van der Waals surface area contributed by atoms with Crippen molar-refractivity contribution in [1.82, 2.24) is 4.72 Å². The van der Waals surface area contributed by atoms with E-state index in [0.717, 1.165) is 46.9 Å². The highest BCUT2D eigenvalue weighted by molar-refractivity contribution is 7.89. The van der Waals surface area contributed by atoms with Crippen LogP contribution in [-0.2, 0) is 10.0 Å². The Morgan fingerprint density at radius 1 is 0.769 bits per heavy atom. The zero-order valence-corrected chi connectivity index (χ0v) is 24.7. The first-order valence-corrected chi connectivity index (χ1v) is 14.4. The van der Waals surface area contributed by atoms with E-state index in [1.807, 2.05) is 72.8 Å². The smallest absolute Gasteiger partial charge is 0.241 e. The third-order valence-corrected chi connectivity index (χ3v) is 8.12. The molecule has 206 valence electrons. The molecule has 4 aromatic rings. The molecule has 6 nitrogen and oxygen atoms in total. The standard InChI is InChI=1S/C31H35N2O4S.BrH/c1-33(2,22-9-21-32-38(35,36)30-16-8-14-25-11-6-7-15-29(25)30)23-10-24-37-28-19-17-27(18-20-28)31(34)26-12-4-3-5-13-26;/h3-8,11-20,32H,9-10,21-24H2,1-2H3;1H/q+1;/p-1. The number of nitrogens with one attached hydrogen (secondary N) is 1. The molecule has 0 saturated carbocycles. The van der Waals surface area contributed by atoms with Crippen LogP contribution in [0.2, 0.25) is 0 Å².